The Morgan fingerprint density at radius 1 is 1.14 bits per heavy atom. The first-order valence-corrected chi connectivity index (χ1v) is 13.1. The van der Waals surface area contributed by atoms with E-state index in [4.69, 9.17) is 23.7 Å². The lowest BCUT2D eigenvalue weighted by atomic mass is 10.0. The predicted octanol–water partition coefficient (Wildman–Crippen LogP) is 3.87. The number of benzene rings is 2. The van der Waals surface area contributed by atoms with Gasteiger partial charge in [-0.15, -0.1) is 0 Å². The van der Waals surface area contributed by atoms with Crippen LogP contribution in [0.3, 0.4) is 0 Å². The molecule has 3 aromatic rings. The lowest BCUT2D eigenvalue weighted by Gasteiger charge is -2.19. The number of carbonyl (C=O) groups is 1. The molecular formula is C28H29F3N4O7. The van der Waals surface area contributed by atoms with Gasteiger partial charge in [0.25, 0.3) is 5.91 Å². The maximum Gasteiger partial charge on any atom is 0.423 e. The minimum absolute atomic E-state index is 0.0835. The number of halogens is 3. The Labute approximate surface area is 238 Å². The molecule has 2 aliphatic heterocycles. The molecule has 3 N–H and O–H groups in total. The number of alkyl halides is 3. The SMILES string of the molecule is CCc1cccc(Oc2nc(Nc3ccc(OC4CO[C@@H]5[C@H](O)CO[C@H]45)cc3OC)ncc2C(F)(F)F)c1C(=O)NC. The number of amides is 1. The Bertz CT molecular complexity index is 1460. The summed E-state index contributed by atoms with van der Waals surface area (Å²) in [6.45, 7) is 2.21. The van der Waals surface area contributed by atoms with Gasteiger partial charge in [0.1, 0.15) is 41.1 Å². The fourth-order valence-electron chi connectivity index (χ4n) is 4.83. The summed E-state index contributed by atoms with van der Waals surface area (Å²) in [6.07, 6.45) is -5.81. The molecule has 11 nitrogen and oxygen atoms in total. The van der Waals surface area contributed by atoms with Crippen LogP contribution in [-0.4, -0.2) is 72.8 Å². The van der Waals surface area contributed by atoms with E-state index in [-0.39, 0.29) is 30.5 Å². The molecule has 224 valence electrons. The number of nitrogens with one attached hydrogen (secondary N) is 2. The van der Waals surface area contributed by atoms with E-state index in [0.29, 0.717) is 35.4 Å². The van der Waals surface area contributed by atoms with E-state index in [1.807, 2.05) is 6.92 Å². The van der Waals surface area contributed by atoms with Gasteiger partial charge in [0.15, 0.2) is 6.10 Å². The molecular weight excluding hydrogens is 561 g/mol. The lowest BCUT2D eigenvalue weighted by Crippen LogP contribution is -2.34. The molecule has 0 spiro atoms. The predicted molar refractivity (Wildman–Crippen MR) is 142 cm³/mol. The molecule has 0 saturated carbocycles. The lowest BCUT2D eigenvalue weighted by molar-refractivity contribution is -0.139. The van der Waals surface area contributed by atoms with Gasteiger partial charge in [0.2, 0.25) is 11.8 Å². The van der Waals surface area contributed by atoms with Crippen molar-refractivity contribution in [3.8, 4) is 23.1 Å². The molecule has 1 aromatic heterocycles. The molecule has 1 amide bonds. The summed E-state index contributed by atoms with van der Waals surface area (Å²) in [5, 5.41) is 15.3. The van der Waals surface area contributed by atoms with E-state index in [1.54, 1.807) is 30.3 Å². The van der Waals surface area contributed by atoms with E-state index in [2.05, 4.69) is 20.6 Å². The molecule has 4 atom stereocenters. The third kappa shape index (κ3) is 5.91. The minimum Gasteiger partial charge on any atom is -0.494 e. The van der Waals surface area contributed by atoms with Crippen molar-refractivity contribution in [3.05, 3.63) is 59.3 Å². The number of aliphatic hydroxyl groups is 1. The average molecular weight is 591 g/mol. The smallest absolute Gasteiger partial charge is 0.423 e. The Kier molecular flexibility index (Phi) is 8.38. The molecule has 0 bridgehead atoms. The van der Waals surface area contributed by atoms with Crippen LogP contribution in [0.1, 0.15) is 28.4 Å². The minimum atomic E-state index is -4.83. The van der Waals surface area contributed by atoms with Crippen LogP contribution in [0.5, 0.6) is 23.1 Å². The number of ether oxygens (including phenoxy) is 5. The monoisotopic (exact) mass is 590 g/mol. The number of methoxy groups -OCH3 is 1. The van der Waals surface area contributed by atoms with Gasteiger partial charge in [0, 0.05) is 19.3 Å². The van der Waals surface area contributed by atoms with Crippen molar-refractivity contribution in [2.75, 3.05) is 32.7 Å². The summed E-state index contributed by atoms with van der Waals surface area (Å²) >= 11 is 0. The fraction of sp³-hybridized carbons (Fsp3) is 0.393. The van der Waals surface area contributed by atoms with Gasteiger partial charge in [-0.1, -0.05) is 19.1 Å². The number of aliphatic hydroxyl groups excluding tert-OH is 1. The van der Waals surface area contributed by atoms with Crippen molar-refractivity contribution in [2.24, 2.45) is 0 Å². The van der Waals surface area contributed by atoms with E-state index < -0.39 is 47.9 Å². The van der Waals surface area contributed by atoms with Crippen molar-refractivity contribution in [1.82, 2.24) is 15.3 Å². The van der Waals surface area contributed by atoms with Crippen LogP contribution in [0.2, 0.25) is 0 Å². The summed E-state index contributed by atoms with van der Waals surface area (Å²) in [6, 6.07) is 9.46. The van der Waals surface area contributed by atoms with Crippen LogP contribution in [0.4, 0.5) is 24.8 Å². The number of nitrogens with zero attached hydrogens (tertiary/aromatic N) is 2. The van der Waals surface area contributed by atoms with Crippen LogP contribution in [-0.2, 0) is 22.1 Å². The topological polar surface area (TPSA) is 133 Å². The highest BCUT2D eigenvalue weighted by Crippen LogP contribution is 2.39. The zero-order valence-electron chi connectivity index (χ0n) is 22.9. The highest BCUT2D eigenvalue weighted by Gasteiger charge is 2.48. The second-order valence-electron chi connectivity index (χ2n) is 9.54. The summed E-state index contributed by atoms with van der Waals surface area (Å²) in [5.74, 6) is -0.874. The molecule has 2 aliphatic rings. The summed E-state index contributed by atoms with van der Waals surface area (Å²) in [4.78, 5) is 20.4. The number of aromatic nitrogens is 2. The molecule has 2 saturated heterocycles. The molecule has 2 fully saturated rings. The Morgan fingerprint density at radius 2 is 1.93 bits per heavy atom. The number of carbonyl (C=O) groups excluding carboxylic acids is 1. The molecule has 14 heteroatoms. The number of anilines is 2. The van der Waals surface area contributed by atoms with E-state index in [9.17, 15) is 23.1 Å². The van der Waals surface area contributed by atoms with Gasteiger partial charge in [-0.25, -0.2) is 4.98 Å². The van der Waals surface area contributed by atoms with Gasteiger partial charge in [-0.05, 0) is 30.2 Å². The Balaban J connectivity index is 1.41. The second kappa shape index (κ2) is 12.0. The van der Waals surface area contributed by atoms with Crippen LogP contribution >= 0.6 is 0 Å². The fourth-order valence-corrected chi connectivity index (χ4v) is 4.83. The van der Waals surface area contributed by atoms with Crippen molar-refractivity contribution in [2.45, 2.75) is 43.9 Å². The number of hydrogen-bond acceptors (Lipinski definition) is 10. The number of fused-ring (bicyclic) bond motifs is 1. The second-order valence-corrected chi connectivity index (χ2v) is 9.54. The van der Waals surface area contributed by atoms with Gasteiger partial charge in [-0.3, -0.25) is 4.79 Å². The van der Waals surface area contributed by atoms with E-state index in [0.717, 1.165) is 0 Å². The normalized spacial score (nSPS) is 21.5. The molecule has 0 aliphatic carbocycles. The summed E-state index contributed by atoms with van der Waals surface area (Å²) < 4.78 is 69.9. The molecule has 5 rings (SSSR count). The van der Waals surface area contributed by atoms with Gasteiger partial charge in [-0.2, -0.15) is 18.2 Å². The Hall–Kier alpha value is -4.14. The first-order valence-electron chi connectivity index (χ1n) is 13.1. The standard InChI is InChI=1S/C28H29F3N4O7/c1-4-14-6-5-7-19(22(14)25(37)32-2)42-26-16(28(29,30)31)11-33-27(35-26)34-17-9-8-15(10-20(17)38-3)41-21-13-40-23-18(36)12-39-24(21)23/h5-11,18,21,23-24,36H,4,12-13H2,1-3H3,(H,32,37)(H,33,34,35)/t18-,21?,23-,24-/m1/s1. The molecule has 42 heavy (non-hydrogen) atoms. The zero-order chi connectivity index (χ0) is 30.0. The van der Waals surface area contributed by atoms with Crippen molar-refractivity contribution in [3.63, 3.8) is 0 Å². The first kappa shape index (κ1) is 29.4. The van der Waals surface area contributed by atoms with Crippen LogP contribution in [0, 0.1) is 0 Å². The van der Waals surface area contributed by atoms with E-state index >= 15 is 0 Å². The van der Waals surface area contributed by atoms with Gasteiger partial charge < -0.3 is 39.4 Å². The van der Waals surface area contributed by atoms with E-state index in [1.165, 1.54) is 20.2 Å². The van der Waals surface area contributed by atoms with Crippen LogP contribution in [0.15, 0.2) is 42.6 Å². The highest BCUT2D eigenvalue weighted by molar-refractivity contribution is 5.98. The summed E-state index contributed by atoms with van der Waals surface area (Å²) in [5.41, 5.74) is -0.180. The third-order valence-electron chi connectivity index (χ3n) is 6.90. The number of aryl methyl sites for hydroxylation is 1. The largest absolute Gasteiger partial charge is 0.494 e. The van der Waals surface area contributed by atoms with Crippen molar-refractivity contribution in [1.29, 1.82) is 0 Å². The van der Waals surface area contributed by atoms with Crippen molar-refractivity contribution >= 4 is 17.5 Å². The van der Waals surface area contributed by atoms with Crippen LogP contribution in [0.25, 0.3) is 0 Å². The highest BCUT2D eigenvalue weighted by atomic mass is 19.4. The number of rotatable bonds is 9. The maximum atomic E-state index is 13.9. The van der Waals surface area contributed by atoms with Crippen molar-refractivity contribution < 1.29 is 46.8 Å². The molecule has 0 radical (unpaired) electrons. The quantitative estimate of drug-likeness (QED) is 0.337. The summed E-state index contributed by atoms with van der Waals surface area (Å²) in [7, 11) is 2.83. The van der Waals surface area contributed by atoms with Crippen LogP contribution < -0.4 is 24.8 Å². The molecule has 2 aromatic carbocycles. The zero-order valence-corrected chi connectivity index (χ0v) is 22.9. The first-order chi connectivity index (χ1) is 20.1. The van der Waals surface area contributed by atoms with Gasteiger partial charge >= 0.3 is 6.18 Å². The molecule has 3 heterocycles. The molecule has 1 unspecified atom stereocenters. The number of hydrogen-bond donors (Lipinski definition) is 3. The van der Waals surface area contributed by atoms with Gasteiger partial charge in [0.05, 0.1) is 31.6 Å². The third-order valence-corrected chi connectivity index (χ3v) is 6.90. The maximum absolute atomic E-state index is 13.9. The Morgan fingerprint density at radius 3 is 2.64 bits per heavy atom. The average Bonchev–Trinajstić information content (AvgIpc) is 3.55.